The lowest BCUT2D eigenvalue weighted by molar-refractivity contribution is 0.0783. The molecular formula is C23H27N3O. The van der Waals surface area contributed by atoms with Crippen LogP contribution in [-0.2, 0) is 13.1 Å². The van der Waals surface area contributed by atoms with E-state index in [2.05, 4.69) is 67.5 Å². The van der Waals surface area contributed by atoms with Crippen molar-refractivity contribution in [3.05, 3.63) is 87.7 Å². The summed E-state index contributed by atoms with van der Waals surface area (Å²) in [6.45, 7) is 9.28. The summed E-state index contributed by atoms with van der Waals surface area (Å²) < 4.78 is 1.92. The van der Waals surface area contributed by atoms with Crippen LogP contribution in [0.25, 0.3) is 0 Å². The van der Waals surface area contributed by atoms with Gasteiger partial charge in [0.15, 0.2) is 0 Å². The van der Waals surface area contributed by atoms with Crippen molar-refractivity contribution in [2.45, 2.75) is 40.8 Å². The van der Waals surface area contributed by atoms with Gasteiger partial charge in [0, 0.05) is 19.3 Å². The van der Waals surface area contributed by atoms with E-state index in [0.717, 1.165) is 17.0 Å². The number of hydrogen-bond acceptors (Lipinski definition) is 2. The van der Waals surface area contributed by atoms with Crippen LogP contribution in [0.5, 0.6) is 0 Å². The lowest BCUT2D eigenvalue weighted by Crippen LogP contribution is -2.27. The van der Waals surface area contributed by atoms with Gasteiger partial charge < -0.3 is 4.90 Å². The van der Waals surface area contributed by atoms with Crippen LogP contribution in [-0.4, -0.2) is 27.6 Å². The predicted molar refractivity (Wildman–Crippen MR) is 109 cm³/mol. The van der Waals surface area contributed by atoms with Gasteiger partial charge >= 0.3 is 0 Å². The molecule has 0 aliphatic rings. The molecule has 3 rings (SSSR count). The molecule has 1 heterocycles. The standard InChI is InChI=1S/C23H27N3O/c1-16-6-10-20(11-7-16)14-25(5)23(27)22-18(3)24-26(19(22)4)15-21-12-8-17(2)9-13-21/h6-13H,14-15H2,1-5H3. The van der Waals surface area contributed by atoms with Gasteiger partial charge in [-0.1, -0.05) is 59.7 Å². The smallest absolute Gasteiger partial charge is 0.257 e. The van der Waals surface area contributed by atoms with Crippen molar-refractivity contribution in [2.75, 3.05) is 7.05 Å². The number of rotatable bonds is 5. The summed E-state index contributed by atoms with van der Waals surface area (Å²) in [4.78, 5) is 14.8. The first kappa shape index (κ1) is 18.9. The van der Waals surface area contributed by atoms with Crippen molar-refractivity contribution in [2.24, 2.45) is 0 Å². The molecule has 0 aliphatic carbocycles. The monoisotopic (exact) mass is 361 g/mol. The molecule has 0 unspecified atom stereocenters. The minimum atomic E-state index is 0.0146. The Hall–Kier alpha value is -2.88. The Morgan fingerprint density at radius 2 is 1.41 bits per heavy atom. The molecular weight excluding hydrogens is 334 g/mol. The first-order chi connectivity index (χ1) is 12.8. The third kappa shape index (κ3) is 4.27. The summed E-state index contributed by atoms with van der Waals surface area (Å²) in [5.74, 6) is 0.0146. The van der Waals surface area contributed by atoms with Crippen LogP contribution in [0.1, 0.15) is 44.0 Å². The van der Waals surface area contributed by atoms with Gasteiger partial charge in [-0.2, -0.15) is 5.10 Å². The van der Waals surface area contributed by atoms with Crippen molar-refractivity contribution in [3.8, 4) is 0 Å². The molecule has 0 atom stereocenters. The van der Waals surface area contributed by atoms with Gasteiger partial charge in [-0.3, -0.25) is 9.48 Å². The molecule has 1 amide bonds. The van der Waals surface area contributed by atoms with Crippen molar-refractivity contribution in [1.82, 2.24) is 14.7 Å². The fourth-order valence-electron chi connectivity index (χ4n) is 3.26. The molecule has 0 bridgehead atoms. The van der Waals surface area contributed by atoms with E-state index >= 15 is 0 Å². The topological polar surface area (TPSA) is 38.1 Å². The van der Waals surface area contributed by atoms with Gasteiger partial charge in [-0.05, 0) is 38.8 Å². The van der Waals surface area contributed by atoms with Crippen molar-refractivity contribution < 1.29 is 4.79 Å². The SMILES string of the molecule is Cc1ccc(CN(C)C(=O)c2c(C)nn(Cc3ccc(C)cc3)c2C)cc1. The molecule has 0 radical (unpaired) electrons. The lowest BCUT2D eigenvalue weighted by Gasteiger charge is -2.18. The summed E-state index contributed by atoms with van der Waals surface area (Å²) in [7, 11) is 1.85. The summed E-state index contributed by atoms with van der Waals surface area (Å²) in [5, 5.41) is 4.62. The highest BCUT2D eigenvalue weighted by Gasteiger charge is 2.22. The second-order valence-electron chi connectivity index (χ2n) is 7.34. The van der Waals surface area contributed by atoms with Crippen LogP contribution in [0, 0.1) is 27.7 Å². The third-order valence-electron chi connectivity index (χ3n) is 4.94. The number of carbonyl (C=O) groups excluding carboxylic acids is 1. The van der Waals surface area contributed by atoms with E-state index in [-0.39, 0.29) is 5.91 Å². The minimum Gasteiger partial charge on any atom is -0.337 e. The molecule has 3 aromatic rings. The molecule has 2 aromatic carbocycles. The third-order valence-corrected chi connectivity index (χ3v) is 4.94. The molecule has 0 saturated heterocycles. The Bertz CT molecular complexity index is 937. The zero-order valence-electron chi connectivity index (χ0n) is 16.8. The van der Waals surface area contributed by atoms with Gasteiger partial charge in [-0.15, -0.1) is 0 Å². The molecule has 1 aromatic heterocycles. The maximum atomic E-state index is 13.0. The van der Waals surface area contributed by atoms with Gasteiger partial charge in [0.25, 0.3) is 5.91 Å². The summed E-state index contributed by atoms with van der Waals surface area (Å²) >= 11 is 0. The Balaban J connectivity index is 1.79. The highest BCUT2D eigenvalue weighted by Crippen LogP contribution is 2.18. The molecule has 4 nitrogen and oxygen atoms in total. The number of carbonyl (C=O) groups is 1. The van der Waals surface area contributed by atoms with E-state index in [9.17, 15) is 4.79 Å². The second-order valence-corrected chi connectivity index (χ2v) is 7.34. The van der Waals surface area contributed by atoms with E-state index in [4.69, 9.17) is 0 Å². The lowest BCUT2D eigenvalue weighted by atomic mass is 10.1. The molecule has 0 N–H and O–H groups in total. The van der Waals surface area contributed by atoms with Gasteiger partial charge in [-0.25, -0.2) is 0 Å². The zero-order valence-corrected chi connectivity index (χ0v) is 16.8. The van der Waals surface area contributed by atoms with Crippen molar-refractivity contribution in [3.63, 3.8) is 0 Å². The predicted octanol–water partition coefficient (Wildman–Crippen LogP) is 4.44. The molecule has 0 fully saturated rings. The van der Waals surface area contributed by atoms with Crippen LogP contribution in [0.15, 0.2) is 48.5 Å². The number of benzene rings is 2. The van der Waals surface area contributed by atoms with E-state index in [1.807, 2.05) is 25.6 Å². The fraction of sp³-hybridized carbons (Fsp3) is 0.304. The molecule has 140 valence electrons. The normalized spacial score (nSPS) is 10.9. The summed E-state index contributed by atoms with van der Waals surface area (Å²) in [5.41, 5.74) is 7.15. The second kappa shape index (κ2) is 7.78. The summed E-state index contributed by atoms with van der Waals surface area (Å²) in [6.07, 6.45) is 0. The first-order valence-corrected chi connectivity index (χ1v) is 9.25. The largest absolute Gasteiger partial charge is 0.337 e. The number of aromatic nitrogens is 2. The fourth-order valence-corrected chi connectivity index (χ4v) is 3.26. The Morgan fingerprint density at radius 3 is 1.96 bits per heavy atom. The van der Waals surface area contributed by atoms with Crippen LogP contribution in [0.4, 0.5) is 0 Å². The Morgan fingerprint density at radius 1 is 0.889 bits per heavy atom. The van der Waals surface area contributed by atoms with Crippen LogP contribution in [0.3, 0.4) is 0 Å². The average molecular weight is 361 g/mol. The number of nitrogens with zero attached hydrogens (tertiary/aromatic N) is 3. The maximum absolute atomic E-state index is 13.0. The van der Waals surface area contributed by atoms with Gasteiger partial charge in [0.1, 0.15) is 0 Å². The van der Waals surface area contributed by atoms with Crippen LogP contribution in [0.2, 0.25) is 0 Å². The van der Waals surface area contributed by atoms with E-state index in [0.29, 0.717) is 18.7 Å². The number of aryl methyl sites for hydroxylation is 3. The van der Waals surface area contributed by atoms with E-state index < -0.39 is 0 Å². The van der Waals surface area contributed by atoms with Crippen LogP contribution < -0.4 is 0 Å². The van der Waals surface area contributed by atoms with E-state index in [1.165, 1.54) is 16.7 Å². The first-order valence-electron chi connectivity index (χ1n) is 9.25. The quantitative estimate of drug-likeness (QED) is 0.674. The molecule has 0 saturated carbocycles. The highest BCUT2D eigenvalue weighted by atomic mass is 16.2. The van der Waals surface area contributed by atoms with Gasteiger partial charge in [0.05, 0.1) is 17.8 Å². The average Bonchev–Trinajstić information content (AvgIpc) is 2.91. The highest BCUT2D eigenvalue weighted by molar-refractivity contribution is 5.96. The van der Waals surface area contributed by atoms with Gasteiger partial charge in [0.2, 0.25) is 0 Å². The Kier molecular flexibility index (Phi) is 5.45. The van der Waals surface area contributed by atoms with Crippen molar-refractivity contribution in [1.29, 1.82) is 0 Å². The summed E-state index contributed by atoms with van der Waals surface area (Å²) in [6, 6.07) is 16.7. The number of hydrogen-bond donors (Lipinski definition) is 0. The molecule has 4 heteroatoms. The molecule has 0 spiro atoms. The minimum absolute atomic E-state index is 0.0146. The van der Waals surface area contributed by atoms with Crippen LogP contribution >= 0.6 is 0 Å². The Labute approximate surface area is 161 Å². The zero-order chi connectivity index (χ0) is 19.6. The molecule has 27 heavy (non-hydrogen) atoms. The van der Waals surface area contributed by atoms with E-state index in [1.54, 1.807) is 4.90 Å². The van der Waals surface area contributed by atoms with Crippen molar-refractivity contribution >= 4 is 5.91 Å². The molecule has 0 aliphatic heterocycles. The maximum Gasteiger partial charge on any atom is 0.257 e. The number of amides is 1.